The zero-order valence-corrected chi connectivity index (χ0v) is 16.2. The summed E-state index contributed by atoms with van der Waals surface area (Å²) in [6.07, 6.45) is 0.796. The fourth-order valence-electron chi connectivity index (χ4n) is 2.41. The first kappa shape index (κ1) is 17.0. The van der Waals surface area contributed by atoms with Gasteiger partial charge in [0.05, 0.1) is 16.4 Å². The maximum absolute atomic E-state index is 6.42. The van der Waals surface area contributed by atoms with Crippen LogP contribution < -0.4 is 5.32 Å². The van der Waals surface area contributed by atoms with E-state index in [4.69, 9.17) is 11.6 Å². The molecule has 1 heterocycles. The zero-order chi connectivity index (χ0) is 15.6. The van der Waals surface area contributed by atoms with Gasteiger partial charge < -0.3 is 5.32 Å². The van der Waals surface area contributed by atoms with Gasteiger partial charge in [0.15, 0.2) is 0 Å². The van der Waals surface area contributed by atoms with Gasteiger partial charge in [0.2, 0.25) is 0 Å². The Morgan fingerprint density at radius 1 is 1.38 bits per heavy atom. The van der Waals surface area contributed by atoms with Gasteiger partial charge in [-0.2, -0.15) is 5.10 Å². The van der Waals surface area contributed by atoms with Crippen LogP contribution in [-0.2, 0) is 13.0 Å². The second-order valence-corrected chi connectivity index (χ2v) is 7.02. The van der Waals surface area contributed by atoms with E-state index in [1.165, 1.54) is 5.56 Å². The van der Waals surface area contributed by atoms with Gasteiger partial charge >= 0.3 is 0 Å². The fourth-order valence-corrected chi connectivity index (χ4v) is 3.94. The molecule has 0 aliphatic carbocycles. The van der Waals surface area contributed by atoms with Crippen LogP contribution in [0.2, 0.25) is 5.02 Å². The number of nitrogens with zero attached hydrogens (tertiary/aromatic N) is 2. The zero-order valence-electron chi connectivity index (χ0n) is 12.3. The van der Waals surface area contributed by atoms with Gasteiger partial charge in [-0.3, -0.25) is 4.68 Å². The molecular formula is C15H18Br2ClN3. The first-order valence-electron chi connectivity index (χ1n) is 6.81. The summed E-state index contributed by atoms with van der Waals surface area (Å²) in [7, 11) is 1.96. The number of benzene rings is 1. The van der Waals surface area contributed by atoms with Crippen molar-refractivity contribution in [3.05, 3.63) is 49.1 Å². The average Bonchev–Trinajstić information content (AvgIpc) is 2.72. The summed E-state index contributed by atoms with van der Waals surface area (Å²) < 4.78 is 4.11. The van der Waals surface area contributed by atoms with Crippen molar-refractivity contribution in [3.63, 3.8) is 0 Å². The average molecular weight is 436 g/mol. The molecule has 0 saturated heterocycles. The largest absolute Gasteiger partial charge is 0.313 e. The van der Waals surface area contributed by atoms with Crippen molar-refractivity contribution in [1.82, 2.24) is 15.1 Å². The maximum atomic E-state index is 6.42. The number of hydrogen-bond acceptors (Lipinski definition) is 2. The molecule has 0 amide bonds. The summed E-state index contributed by atoms with van der Waals surface area (Å²) in [4.78, 5) is 0. The number of rotatable bonds is 5. The lowest BCUT2D eigenvalue weighted by molar-refractivity contribution is 0.540. The molecule has 1 aromatic carbocycles. The molecule has 1 N–H and O–H groups in total. The van der Waals surface area contributed by atoms with Crippen LogP contribution in [0.4, 0.5) is 0 Å². The molecule has 0 aliphatic heterocycles. The Kier molecular flexibility index (Phi) is 5.88. The van der Waals surface area contributed by atoms with Crippen molar-refractivity contribution in [2.45, 2.75) is 32.9 Å². The van der Waals surface area contributed by atoms with E-state index in [2.05, 4.69) is 67.4 Å². The van der Waals surface area contributed by atoms with Gasteiger partial charge in [-0.1, -0.05) is 49.5 Å². The Morgan fingerprint density at radius 3 is 2.67 bits per heavy atom. The van der Waals surface area contributed by atoms with Crippen molar-refractivity contribution in [2.24, 2.45) is 0 Å². The maximum Gasteiger partial charge on any atom is 0.0847 e. The Labute approximate surface area is 147 Å². The minimum atomic E-state index is 0.173. The molecule has 1 atom stereocenters. The normalized spacial score (nSPS) is 12.7. The predicted octanol–water partition coefficient (Wildman–Crippen LogP) is 4.89. The third kappa shape index (κ3) is 3.70. The molecule has 6 heteroatoms. The summed E-state index contributed by atoms with van der Waals surface area (Å²) in [5.74, 6) is 0. The van der Waals surface area contributed by atoms with Gasteiger partial charge in [0, 0.05) is 28.0 Å². The van der Waals surface area contributed by atoms with Crippen molar-refractivity contribution in [2.75, 3.05) is 7.05 Å². The molecule has 0 saturated carbocycles. The highest BCUT2D eigenvalue weighted by Gasteiger charge is 2.19. The Hall–Kier alpha value is -0.360. The van der Waals surface area contributed by atoms with Crippen LogP contribution in [-0.4, -0.2) is 16.8 Å². The lowest BCUT2D eigenvalue weighted by atomic mass is 10.0. The summed E-state index contributed by atoms with van der Waals surface area (Å²) in [6.45, 7) is 4.85. The van der Waals surface area contributed by atoms with Crippen LogP contribution >= 0.6 is 43.5 Å². The molecule has 1 aromatic heterocycles. The first-order valence-corrected chi connectivity index (χ1v) is 8.78. The number of aryl methyl sites for hydroxylation is 2. The van der Waals surface area contributed by atoms with E-state index < -0.39 is 0 Å². The lowest BCUT2D eigenvalue weighted by Crippen LogP contribution is -2.21. The van der Waals surface area contributed by atoms with Crippen LogP contribution in [0, 0.1) is 6.92 Å². The Balaban J connectivity index is 2.35. The van der Waals surface area contributed by atoms with Crippen LogP contribution in [0.3, 0.4) is 0 Å². The topological polar surface area (TPSA) is 29.9 Å². The molecule has 0 fully saturated rings. The van der Waals surface area contributed by atoms with Gasteiger partial charge in [-0.25, -0.2) is 0 Å². The second kappa shape index (κ2) is 7.27. The number of hydrogen-bond donors (Lipinski definition) is 1. The first-order chi connectivity index (χ1) is 9.97. The van der Waals surface area contributed by atoms with E-state index in [9.17, 15) is 0 Å². The highest BCUT2D eigenvalue weighted by atomic mass is 79.9. The van der Waals surface area contributed by atoms with Crippen LogP contribution in [0.15, 0.2) is 27.1 Å². The quantitative estimate of drug-likeness (QED) is 0.725. The highest BCUT2D eigenvalue weighted by molar-refractivity contribution is 9.11. The predicted molar refractivity (Wildman–Crippen MR) is 95.0 cm³/mol. The number of likely N-dealkylation sites (N-methyl/N-ethyl adjacent to an activating group) is 1. The van der Waals surface area contributed by atoms with Gasteiger partial charge in [-0.05, 0) is 38.6 Å². The van der Waals surface area contributed by atoms with E-state index in [1.807, 2.05) is 18.7 Å². The molecule has 2 rings (SSSR count). The van der Waals surface area contributed by atoms with Crippen LogP contribution in [0.1, 0.15) is 29.9 Å². The Bertz CT molecular complexity index is 640. The molecule has 0 radical (unpaired) electrons. The van der Waals surface area contributed by atoms with E-state index >= 15 is 0 Å². The standard InChI is InChI=1S/C15H18Br2ClN3/c1-4-21-14(15(18)9(2)20-21)8-13(19-3)11-6-5-10(16)7-12(11)17/h5-7,13,19H,4,8H2,1-3H3. The van der Waals surface area contributed by atoms with Gasteiger partial charge in [0.25, 0.3) is 0 Å². The summed E-state index contributed by atoms with van der Waals surface area (Å²) in [5.41, 5.74) is 3.17. The van der Waals surface area contributed by atoms with Crippen molar-refractivity contribution in [3.8, 4) is 0 Å². The van der Waals surface area contributed by atoms with Crippen LogP contribution in [0.25, 0.3) is 0 Å². The third-order valence-corrected chi connectivity index (χ3v) is 5.21. The van der Waals surface area contributed by atoms with Crippen molar-refractivity contribution in [1.29, 1.82) is 0 Å². The molecule has 114 valence electrons. The van der Waals surface area contributed by atoms with E-state index in [1.54, 1.807) is 0 Å². The fraction of sp³-hybridized carbons (Fsp3) is 0.400. The minimum Gasteiger partial charge on any atom is -0.313 e. The third-order valence-electron chi connectivity index (χ3n) is 3.54. The molecule has 1 unspecified atom stereocenters. The van der Waals surface area contributed by atoms with Crippen molar-refractivity contribution >= 4 is 43.5 Å². The van der Waals surface area contributed by atoms with Crippen LogP contribution in [0.5, 0.6) is 0 Å². The molecule has 2 aromatic rings. The van der Waals surface area contributed by atoms with Crippen molar-refractivity contribution < 1.29 is 0 Å². The SMILES string of the molecule is CCn1nc(C)c(Cl)c1CC(NC)c1ccc(Br)cc1Br. The Morgan fingerprint density at radius 2 is 2.10 bits per heavy atom. The van der Waals surface area contributed by atoms with E-state index in [0.29, 0.717) is 0 Å². The summed E-state index contributed by atoms with van der Waals surface area (Å²) in [5, 5.41) is 8.62. The van der Waals surface area contributed by atoms with E-state index in [-0.39, 0.29) is 6.04 Å². The number of nitrogens with one attached hydrogen (secondary N) is 1. The molecule has 0 spiro atoms. The summed E-state index contributed by atoms with van der Waals surface area (Å²) >= 11 is 13.5. The number of halogens is 3. The van der Waals surface area contributed by atoms with Gasteiger partial charge in [-0.15, -0.1) is 0 Å². The smallest absolute Gasteiger partial charge is 0.0847 e. The minimum absolute atomic E-state index is 0.173. The highest BCUT2D eigenvalue weighted by Crippen LogP contribution is 2.31. The second-order valence-electron chi connectivity index (χ2n) is 4.87. The molecule has 0 bridgehead atoms. The summed E-state index contributed by atoms with van der Waals surface area (Å²) in [6, 6.07) is 6.40. The van der Waals surface area contributed by atoms with Gasteiger partial charge in [0.1, 0.15) is 0 Å². The number of aromatic nitrogens is 2. The molecular weight excluding hydrogens is 417 g/mol. The van der Waals surface area contributed by atoms with E-state index in [0.717, 1.165) is 38.3 Å². The monoisotopic (exact) mass is 433 g/mol. The molecule has 0 aliphatic rings. The lowest BCUT2D eigenvalue weighted by Gasteiger charge is -2.19. The molecule has 3 nitrogen and oxygen atoms in total. The molecule has 21 heavy (non-hydrogen) atoms.